The van der Waals surface area contributed by atoms with Crippen molar-refractivity contribution >= 4 is 16.6 Å². The smallest absolute Gasteiger partial charge is 0.0457 e. The summed E-state index contributed by atoms with van der Waals surface area (Å²) in [5.41, 5.74) is 3.86. The molecule has 2 nitrogen and oxygen atoms in total. The molecule has 1 aliphatic rings. The highest BCUT2D eigenvalue weighted by Gasteiger charge is 2.12. The molecule has 2 heteroatoms. The fourth-order valence-corrected chi connectivity index (χ4v) is 2.44. The second-order valence-electron chi connectivity index (χ2n) is 4.42. The van der Waals surface area contributed by atoms with Gasteiger partial charge in [0.2, 0.25) is 0 Å². The molecule has 1 saturated heterocycles. The predicted molar refractivity (Wildman–Crippen MR) is 64.5 cm³/mol. The molecular formula is C13H16N2. The van der Waals surface area contributed by atoms with E-state index in [0.717, 1.165) is 0 Å². The summed E-state index contributed by atoms with van der Waals surface area (Å²) in [7, 11) is 0. The fraction of sp³-hybridized carbons (Fsp3) is 0.385. The summed E-state index contributed by atoms with van der Waals surface area (Å²) in [6.45, 7) is 4.54. The monoisotopic (exact) mass is 200 g/mol. The van der Waals surface area contributed by atoms with Gasteiger partial charge in [0, 0.05) is 35.4 Å². The third-order valence-corrected chi connectivity index (χ3v) is 3.21. The lowest BCUT2D eigenvalue weighted by Gasteiger charge is -2.17. The SMILES string of the molecule is Cc1cc2cc(N3CCCC3)ccc2[nH]1. The highest BCUT2D eigenvalue weighted by atomic mass is 15.1. The van der Waals surface area contributed by atoms with E-state index in [4.69, 9.17) is 0 Å². The zero-order valence-corrected chi connectivity index (χ0v) is 9.09. The molecule has 1 aromatic carbocycles. The molecular weight excluding hydrogens is 184 g/mol. The maximum atomic E-state index is 3.36. The second kappa shape index (κ2) is 3.30. The first kappa shape index (κ1) is 8.84. The van der Waals surface area contributed by atoms with Gasteiger partial charge >= 0.3 is 0 Å². The average molecular weight is 200 g/mol. The number of anilines is 1. The highest BCUT2D eigenvalue weighted by Crippen LogP contribution is 2.25. The molecule has 0 unspecified atom stereocenters. The highest BCUT2D eigenvalue weighted by molar-refractivity contribution is 5.84. The lowest BCUT2D eigenvalue weighted by molar-refractivity contribution is 0.949. The maximum Gasteiger partial charge on any atom is 0.0457 e. The summed E-state index contributed by atoms with van der Waals surface area (Å²) in [5.74, 6) is 0. The van der Waals surface area contributed by atoms with Crippen molar-refractivity contribution < 1.29 is 0 Å². The zero-order chi connectivity index (χ0) is 10.3. The van der Waals surface area contributed by atoms with Gasteiger partial charge in [0.05, 0.1) is 0 Å². The number of aromatic nitrogens is 1. The van der Waals surface area contributed by atoms with Crippen LogP contribution in [-0.2, 0) is 0 Å². The molecule has 0 saturated carbocycles. The van der Waals surface area contributed by atoms with Gasteiger partial charge < -0.3 is 9.88 Å². The van der Waals surface area contributed by atoms with Crippen LogP contribution >= 0.6 is 0 Å². The molecule has 3 rings (SSSR count). The van der Waals surface area contributed by atoms with E-state index in [1.165, 1.54) is 48.2 Å². The summed E-state index contributed by atoms with van der Waals surface area (Å²) in [6, 6.07) is 8.93. The number of nitrogens with zero attached hydrogens (tertiary/aromatic N) is 1. The van der Waals surface area contributed by atoms with E-state index in [1.54, 1.807) is 0 Å². The predicted octanol–water partition coefficient (Wildman–Crippen LogP) is 3.08. The number of benzene rings is 1. The summed E-state index contributed by atoms with van der Waals surface area (Å²) in [6.07, 6.45) is 2.68. The number of hydrogen-bond donors (Lipinski definition) is 1. The molecule has 1 fully saturated rings. The van der Waals surface area contributed by atoms with E-state index in [-0.39, 0.29) is 0 Å². The Balaban J connectivity index is 2.04. The molecule has 1 N–H and O–H groups in total. The van der Waals surface area contributed by atoms with Crippen molar-refractivity contribution in [3.8, 4) is 0 Å². The number of aromatic amines is 1. The topological polar surface area (TPSA) is 19.0 Å². The second-order valence-corrected chi connectivity index (χ2v) is 4.42. The zero-order valence-electron chi connectivity index (χ0n) is 9.09. The number of aryl methyl sites for hydroxylation is 1. The molecule has 0 radical (unpaired) electrons. The van der Waals surface area contributed by atoms with Crippen molar-refractivity contribution in [2.75, 3.05) is 18.0 Å². The van der Waals surface area contributed by atoms with E-state index in [0.29, 0.717) is 0 Å². The Bertz CT molecular complexity index is 478. The molecule has 0 atom stereocenters. The van der Waals surface area contributed by atoms with E-state index in [2.05, 4.69) is 41.1 Å². The number of nitrogens with one attached hydrogen (secondary N) is 1. The Morgan fingerprint density at radius 3 is 2.73 bits per heavy atom. The van der Waals surface area contributed by atoms with Gasteiger partial charge in [-0.05, 0) is 44.0 Å². The van der Waals surface area contributed by atoms with Gasteiger partial charge in [-0.15, -0.1) is 0 Å². The van der Waals surface area contributed by atoms with Crippen LogP contribution in [-0.4, -0.2) is 18.1 Å². The van der Waals surface area contributed by atoms with Crippen LogP contribution in [0.25, 0.3) is 10.9 Å². The Morgan fingerprint density at radius 1 is 1.13 bits per heavy atom. The number of hydrogen-bond acceptors (Lipinski definition) is 1. The summed E-state index contributed by atoms with van der Waals surface area (Å²) in [5, 5.41) is 1.33. The standard InChI is InChI=1S/C13H16N2/c1-10-8-11-9-12(4-5-13(11)14-10)15-6-2-3-7-15/h4-5,8-9,14H,2-3,6-7H2,1H3. The lowest BCUT2D eigenvalue weighted by Crippen LogP contribution is -2.17. The Hall–Kier alpha value is -1.44. The first-order valence-corrected chi connectivity index (χ1v) is 5.67. The first-order valence-electron chi connectivity index (χ1n) is 5.67. The minimum absolute atomic E-state index is 1.22. The van der Waals surface area contributed by atoms with Crippen LogP contribution in [0.1, 0.15) is 18.5 Å². The van der Waals surface area contributed by atoms with E-state index in [1.807, 2.05) is 0 Å². The van der Waals surface area contributed by atoms with E-state index in [9.17, 15) is 0 Å². The summed E-state index contributed by atoms with van der Waals surface area (Å²) in [4.78, 5) is 5.83. The van der Waals surface area contributed by atoms with Crippen LogP contribution in [0.15, 0.2) is 24.3 Å². The number of H-pyrrole nitrogens is 1. The quantitative estimate of drug-likeness (QED) is 0.749. The van der Waals surface area contributed by atoms with E-state index >= 15 is 0 Å². The first-order chi connectivity index (χ1) is 7.33. The number of rotatable bonds is 1. The van der Waals surface area contributed by atoms with E-state index < -0.39 is 0 Å². The molecule has 78 valence electrons. The molecule has 1 aliphatic heterocycles. The van der Waals surface area contributed by atoms with Gasteiger partial charge in [-0.25, -0.2) is 0 Å². The summed E-state index contributed by atoms with van der Waals surface area (Å²) < 4.78 is 0. The van der Waals surface area contributed by atoms with Gasteiger partial charge in [0.1, 0.15) is 0 Å². The molecule has 0 amide bonds. The van der Waals surface area contributed by atoms with Crippen LogP contribution in [0, 0.1) is 6.92 Å². The Labute approximate surface area is 89.9 Å². The van der Waals surface area contributed by atoms with Crippen molar-refractivity contribution in [2.24, 2.45) is 0 Å². The molecule has 1 aromatic heterocycles. The Morgan fingerprint density at radius 2 is 1.93 bits per heavy atom. The lowest BCUT2D eigenvalue weighted by atomic mass is 10.2. The van der Waals surface area contributed by atoms with Crippen molar-refractivity contribution in [3.63, 3.8) is 0 Å². The normalized spacial score (nSPS) is 16.5. The van der Waals surface area contributed by atoms with Gasteiger partial charge in [0.25, 0.3) is 0 Å². The molecule has 15 heavy (non-hydrogen) atoms. The minimum atomic E-state index is 1.22. The molecule has 2 heterocycles. The Kier molecular flexibility index (Phi) is 1.94. The van der Waals surface area contributed by atoms with Crippen molar-refractivity contribution in [1.29, 1.82) is 0 Å². The molecule has 0 aliphatic carbocycles. The fourth-order valence-electron chi connectivity index (χ4n) is 2.44. The molecule has 0 spiro atoms. The van der Waals surface area contributed by atoms with Crippen molar-refractivity contribution in [2.45, 2.75) is 19.8 Å². The number of fused-ring (bicyclic) bond motifs is 1. The van der Waals surface area contributed by atoms with Gasteiger partial charge in [-0.1, -0.05) is 0 Å². The van der Waals surface area contributed by atoms with Crippen molar-refractivity contribution in [3.05, 3.63) is 30.0 Å². The van der Waals surface area contributed by atoms with Gasteiger partial charge in [-0.3, -0.25) is 0 Å². The summed E-state index contributed by atoms with van der Waals surface area (Å²) >= 11 is 0. The largest absolute Gasteiger partial charge is 0.372 e. The average Bonchev–Trinajstić information content (AvgIpc) is 2.82. The van der Waals surface area contributed by atoms with Gasteiger partial charge in [0.15, 0.2) is 0 Å². The third kappa shape index (κ3) is 1.50. The van der Waals surface area contributed by atoms with Gasteiger partial charge in [-0.2, -0.15) is 0 Å². The van der Waals surface area contributed by atoms with Crippen LogP contribution in [0.4, 0.5) is 5.69 Å². The van der Waals surface area contributed by atoms with Crippen LogP contribution in [0.2, 0.25) is 0 Å². The maximum absolute atomic E-state index is 3.36. The van der Waals surface area contributed by atoms with Crippen LogP contribution in [0.5, 0.6) is 0 Å². The minimum Gasteiger partial charge on any atom is -0.372 e. The van der Waals surface area contributed by atoms with Crippen LogP contribution in [0.3, 0.4) is 0 Å². The molecule has 0 bridgehead atoms. The molecule has 2 aromatic rings. The van der Waals surface area contributed by atoms with Crippen LogP contribution < -0.4 is 4.90 Å². The third-order valence-electron chi connectivity index (χ3n) is 3.21. The van der Waals surface area contributed by atoms with Crippen molar-refractivity contribution in [1.82, 2.24) is 4.98 Å².